The van der Waals surface area contributed by atoms with Crippen LogP contribution in [0, 0.1) is 5.41 Å². The van der Waals surface area contributed by atoms with Crippen LogP contribution in [0.5, 0.6) is 5.75 Å². The van der Waals surface area contributed by atoms with Crippen molar-refractivity contribution in [2.24, 2.45) is 5.41 Å². The first kappa shape index (κ1) is 12.5. The predicted molar refractivity (Wildman–Crippen MR) is 72.5 cm³/mol. The molecule has 0 aliphatic heterocycles. The molecule has 94 valence electrons. The largest absolute Gasteiger partial charge is 0.497 e. The lowest BCUT2D eigenvalue weighted by molar-refractivity contribution is 0.260. The molecule has 0 atom stereocenters. The minimum Gasteiger partial charge on any atom is -0.497 e. The third-order valence-corrected chi connectivity index (χ3v) is 4.52. The molecule has 0 aromatic heterocycles. The monoisotopic (exact) mass is 232 g/mol. The summed E-state index contributed by atoms with van der Waals surface area (Å²) in [4.78, 5) is 0. The fourth-order valence-corrected chi connectivity index (χ4v) is 3.11. The zero-order valence-corrected chi connectivity index (χ0v) is 11.2. The molecule has 0 heterocycles. The minimum absolute atomic E-state index is 0.653. The van der Waals surface area contributed by atoms with Crippen LogP contribution in [0.15, 0.2) is 24.3 Å². The van der Waals surface area contributed by atoms with E-state index in [0.717, 1.165) is 5.75 Å². The van der Waals surface area contributed by atoms with Crippen molar-refractivity contribution < 1.29 is 4.74 Å². The fourth-order valence-electron chi connectivity index (χ4n) is 3.11. The third kappa shape index (κ3) is 3.02. The Kier molecular flexibility index (Phi) is 4.09. The molecule has 0 bridgehead atoms. The van der Waals surface area contributed by atoms with E-state index in [1.807, 2.05) is 0 Å². The van der Waals surface area contributed by atoms with Crippen molar-refractivity contribution >= 4 is 0 Å². The normalized spacial score (nSPS) is 18.2. The molecule has 1 nitrogen and oxygen atoms in total. The van der Waals surface area contributed by atoms with Gasteiger partial charge in [0.2, 0.25) is 0 Å². The average molecular weight is 232 g/mol. The van der Waals surface area contributed by atoms with Crippen LogP contribution < -0.4 is 4.74 Å². The van der Waals surface area contributed by atoms with Gasteiger partial charge in [-0.05, 0) is 48.8 Å². The van der Waals surface area contributed by atoms with Gasteiger partial charge >= 0.3 is 0 Å². The van der Waals surface area contributed by atoms with E-state index < -0.39 is 0 Å². The summed E-state index contributed by atoms with van der Waals surface area (Å²) in [6, 6.07) is 8.56. The van der Waals surface area contributed by atoms with Crippen molar-refractivity contribution in [1.29, 1.82) is 0 Å². The van der Waals surface area contributed by atoms with Crippen LogP contribution in [0.25, 0.3) is 0 Å². The molecule has 17 heavy (non-hydrogen) atoms. The Balaban J connectivity index is 1.92. The molecule has 1 aromatic carbocycles. The Bertz CT molecular complexity index is 333. The van der Waals surface area contributed by atoms with Gasteiger partial charge in [-0.25, -0.2) is 0 Å². The summed E-state index contributed by atoms with van der Waals surface area (Å²) in [6.07, 6.45) is 9.70. The Labute approximate surface area is 105 Å². The van der Waals surface area contributed by atoms with E-state index in [1.165, 1.54) is 50.5 Å². The van der Waals surface area contributed by atoms with Gasteiger partial charge in [0.05, 0.1) is 7.11 Å². The van der Waals surface area contributed by atoms with Crippen molar-refractivity contribution in [3.8, 4) is 5.75 Å². The summed E-state index contributed by atoms with van der Waals surface area (Å²) in [5.41, 5.74) is 2.10. The second kappa shape index (κ2) is 5.57. The lowest BCUT2D eigenvalue weighted by atomic mass is 9.78. The lowest BCUT2D eigenvalue weighted by Crippen LogP contribution is -2.15. The van der Waals surface area contributed by atoms with E-state index >= 15 is 0 Å². The van der Waals surface area contributed by atoms with E-state index in [0.29, 0.717) is 5.41 Å². The van der Waals surface area contributed by atoms with Crippen molar-refractivity contribution in [3.63, 3.8) is 0 Å². The van der Waals surface area contributed by atoms with Gasteiger partial charge in [-0.15, -0.1) is 0 Å². The van der Waals surface area contributed by atoms with Crippen molar-refractivity contribution in [2.45, 2.75) is 51.9 Å². The van der Waals surface area contributed by atoms with Gasteiger partial charge in [0.25, 0.3) is 0 Å². The van der Waals surface area contributed by atoms with Crippen LogP contribution in [0.3, 0.4) is 0 Å². The second-order valence-electron chi connectivity index (χ2n) is 5.41. The topological polar surface area (TPSA) is 9.23 Å². The number of ether oxygens (including phenoxy) is 1. The Morgan fingerprint density at radius 2 is 1.76 bits per heavy atom. The maximum atomic E-state index is 5.19. The number of methoxy groups -OCH3 is 1. The number of hydrogen-bond acceptors (Lipinski definition) is 1. The standard InChI is InChI=1S/C16H24O/c1-3-16(11-4-5-12-16)13-10-14-6-8-15(17-2)9-7-14/h6-9H,3-5,10-13H2,1-2H3. The predicted octanol–water partition coefficient (Wildman–Crippen LogP) is 4.60. The molecule has 1 heteroatoms. The fraction of sp³-hybridized carbons (Fsp3) is 0.625. The van der Waals surface area contributed by atoms with E-state index in [9.17, 15) is 0 Å². The van der Waals surface area contributed by atoms with Crippen molar-refractivity contribution in [1.82, 2.24) is 0 Å². The van der Waals surface area contributed by atoms with Crippen LogP contribution in [-0.4, -0.2) is 7.11 Å². The highest BCUT2D eigenvalue weighted by Crippen LogP contribution is 2.44. The lowest BCUT2D eigenvalue weighted by Gasteiger charge is -2.27. The Morgan fingerprint density at radius 1 is 1.12 bits per heavy atom. The summed E-state index contributed by atoms with van der Waals surface area (Å²) >= 11 is 0. The molecule has 0 radical (unpaired) electrons. The van der Waals surface area contributed by atoms with Gasteiger partial charge in [-0.1, -0.05) is 38.3 Å². The van der Waals surface area contributed by atoms with Crippen LogP contribution in [0.2, 0.25) is 0 Å². The smallest absolute Gasteiger partial charge is 0.118 e. The highest BCUT2D eigenvalue weighted by Gasteiger charge is 2.31. The first-order valence-corrected chi connectivity index (χ1v) is 6.91. The summed E-state index contributed by atoms with van der Waals surface area (Å²) in [5, 5.41) is 0. The summed E-state index contributed by atoms with van der Waals surface area (Å²) in [6.45, 7) is 2.36. The number of hydrogen-bond donors (Lipinski definition) is 0. The molecule has 0 amide bonds. The molecule has 1 aliphatic rings. The van der Waals surface area contributed by atoms with Gasteiger partial charge < -0.3 is 4.74 Å². The summed E-state index contributed by atoms with van der Waals surface area (Å²) in [5.74, 6) is 0.958. The van der Waals surface area contributed by atoms with E-state index in [1.54, 1.807) is 7.11 Å². The van der Waals surface area contributed by atoms with Gasteiger partial charge in [-0.2, -0.15) is 0 Å². The average Bonchev–Trinajstić information content (AvgIpc) is 2.86. The Morgan fingerprint density at radius 3 is 2.29 bits per heavy atom. The molecule has 0 N–H and O–H groups in total. The third-order valence-electron chi connectivity index (χ3n) is 4.52. The molecule has 1 saturated carbocycles. The maximum absolute atomic E-state index is 5.19. The molecule has 0 unspecified atom stereocenters. The highest BCUT2D eigenvalue weighted by molar-refractivity contribution is 5.27. The van der Waals surface area contributed by atoms with Crippen LogP contribution >= 0.6 is 0 Å². The molecule has 1 fully saturated rings. The quantitative estimate of drug-likeness (QED) is 0.721. The number of rotatable bonds is 5. The number of aryl methyl sites for hydroxylation is 1. The van der Waals surface area contributed by atoms with Crippen molar-refractivity contribution in [3.05, 3.63) is 29.8 Å². The van der Waals surface area contributed by atoms with E-state index in [4.69, 9.17) is 4.74 Å². The SMILES string of the molecule is CCC1(CCc2ccc(OC)cc2)CCCC1. The molecule has 1 aliphatic carbocycles. The first-order chi connectivity index (χ1) is 8.28. The van der Waals surface area contributed by atoms with Crippen LogP contribution in [0.1, 0.15) is 51.0 Å². The van der Waals surface area contributed by atoms with Gasteiger partial charge in [-0.3, -0.25) is 0 Å². The van der Waals surface area contributed by atoms with Crippen LogP contribution in [-0.2, 0) is 6.42 Å². The Hall–Kier alpha value is -0.980. The maximum Gasteiger partial charge on any atom is 0.118 e. The van der Waals surface area contributed by atoms with E-state index in [-0.39, 0.29) is 0 Å². The molecular formula is C16H24O. The van der Waals surface area contributed by atoms with E-state index in [2.05, 4.69) is 31.2 Å². The van der Waals surface area contributed by atoms with Gasteiger partial charge in [0.15, 0.2) is 0 Å². The summed E-state index contributed by atoms with van der Waals surface area (Å²) in [7, 11) is 1.72. The number of benzene rings is 1. The first-order valence-electron chi connectivity index (χ1n) is 6.91. The molecule has 0 spiro atoms. The molecule has 1 aromatic rings. The second-order valence-corrected chi connectivity index (χ2v) is 5.41. The zero-order valence-electron chi connectivity index (χ0n) is 11.2. The minimum atomic E-state index is 0.653. The van der Waals surface area contributed by atoms with Gasteiger partial charge in [0, 0.05) is 0 Å². The van der Waals surface area contributed by atoms with Crippen molar-refractivity contribution in [2.75, 3.05) is 7.11 Å². The highest BCUT2D eigenvalue weighted by atomic mass is 16.5. The molecule has 2 rings (SSSR count). The summed E-state index contributed by atoms with van der Waals surface area (Å²) < 4.78 is 5.19. The van der Waals surface area contributed by atoms with Gasteiger partial charge in [0.1, 0.15) is 5.75 Å². The molecule has 0 saturated heterocycles. The zero-order chi connectivity index (χ0) is 12.1. The van der Waals surface area contributed by atoms with Crippen LogP contribution in [0.4, 0.5) is 0 Å². The molecular weight excluding hydrogens is 208 g/mol.